The number of thiophene rings is 3. The molecular weight excluding hydrogens is 1550 g/mol. The number of fused-ring (bicyclic) bond motifs is 12. The van der Waals surface area contributed by atoms with Crippen molar-refractivity contribution in [2.24, 2.45) is 0 Å². The Balaban J connectivity index is 0.000000110. The number of hydrogen-bond acceptors (Lipinski definition) is 9. The fourth-order valence-corrected chi connectivity index (χ4v) is 20.1. The van der Waals surface area contributed by atoms with Crippen molar-refractivity contribution in [3.8, 4) is 134 Å². The van der Waals surface area contributed by atoms with Crippen LogP contribution in [0.5, 0.6) is 0 Å². The van der Waals surface area contributed by atoms with Crippen molar-refractivity contribution in [3.63, 3.8) is 0 Å². The highest BCUT2D eigenvalue weighted by Gasteiger charge is 2.21. The summed E-state index contributed by atoms with van der Waals surface area (Å²) in [7, 11) is 0. The van der Waals surface area contributed by atoms with Gasteiger partial charge in [0.15, 0.2) is 5.82 Å². The molecule has 0 bridgehead atoms. The van der Waals surface area contributed by atoms with Crippen LogP contribution in [-0.4, -0.2) is 29.9 Å². The van der Waals surface area contributed by atoms with Gasteiger partial charge in [0.25, 0.3) is 0 Å². The van der Waals surface area contributed by atoms with Gasteiger partial charge in [0.05, 0.1) is 56.1 Å². The molecule has 18 aromatic carbocycles. The molecule has 0 saturated heterocycles. The molecule has 0 atom stereocenters. The molecule has 123 heavy (non-hydrogen) atoms. The lowest BCUT2D eigenvalue weighted by Gasteiger charge is -2.13. The third kappa shape index (κ3) is 14.6. The highest BCUT2D eigenvalue weighted by molar-refractivity contribution is 7.26. The second-order valence-corrected chi connectivity index (χ2v) is 34.0. The summed E-state index contributed by atoms with van der Waals surface area (Å²) >= 11 is 5.56. The first kappa shape index (κ1) is 74.0. The van der Waals surface area contributed by atoms with Crippen molar-refractivity contribution in [3.05, 3.63) is 437 Å². The minimum absolute atomic E-state index is 0.740. The van der Waals surface area contributed by atoms with Crippen molar-refractivity contribution in [2.45, 2.75) is 0 Å². The first-order valence-corrected chi connectivity index (χ1v) is 43.7. The summed E-state index contributed by atoms with van der Waals surface area (Å²) in [5.41, 5.74) is 29.5. The van der Waals surface area contributed by atoms with Gasteiger partial charge in [-0.05, 0) is 146 Å². The molecular formula is C114H72N6S3. The Kier molecular flexibility index (Phi) is 19.5. The summed E-state index contributed by atoms with van der Waals surface area (Å²) < 4.78 is 7.98. The van der Waals surface area contributed by atoms with Gasteiger partial charge in [-0.3, -0.25) is 0 Å². The van der Waals surface area contributed by atoms with Crippen molar-refractivity contribution in [2.75, 3.05) is 0 Å². The average molecular weight is 1620 g/mol. The van der Waals surface area contributed by atoms with E-state index in [2.05, 4.69) is 352 Å². The van der Waals surface area contributed by atoms with Gasteiger partial charge in [0.2, 0.25) is 0 Å². The Hall–Kier alpha value is -15.4. The second kappa shape index (κ2) is 32.4. The van der Waals surface area contributed by atoms with Crippen molar-refractivity contribution in [1.82, 2.24) is 29.9 Å². The normalized spacial score (nSPS) is 11.4. The van der Waals surface area contributed by atoms with Crippen LogP contribution in [0.1, 0.15) is 0 Å². The van der Waals surface area contributed by atoms with Crippen LogP contribution in [0.4, 0.5) is 0 Å². The smallest absolute Gasteiger partial charge is 0.160 e. The van der Waals surface area contributed by atoms with Gasteiger partial charge >= 0.3 is 0 Å². The van der Waals surface area contributed by atoms with Crippen LogP contribution in [0.3, 0.4) is 0 Å². The Morgan fingerprint density at radius 3 is 0.837 bits per heavy atom. The molecule has 24 aromatic rings. The van der Waals surface area contributed by atoms with Gasteiger partial charge in [0, 0.05) is 105 Å². The number of para-hydroxylation sites is 1. The van der Waals surface area contributed by atoms with Crippen LogP contribution >= 0.6 is 34.0 Å². The van der Waals surface area contributed by atoms with Crippen molar-refractivity contribution >= 4 is 127 Å². The van der Waals surface area contributed by atoms with Crippen molar-refractivity contribution < 1.29 is 0 Å². The SMILES string of the molecule is c1ccc(-c2nc(-c3ccccc3)c3cc(-c4ccc(-c5ccc6sc7ccccc7c6c5)cc4)ccc3n2)cc1.c1ccc(-c2nc3ccc(-c4ccc(-c5ccc6sc7ccccc7c6c5)cc4)cc3nc2-c2ccccc2)cc1.c1ccc(-c2nc3cccc(-c4ccc(-c5ccc6sc7ccccc7c6c5)cc4)c3nc2-c2ccccc2)cc1. The molecule has 0 aliphatic carbocycles. The van der Waals surface area contributed by atoms with E-state index in [0.717, 1.165) is 128 Å². The molecule has 0 radical (unpaired) electrons. The zero-order valence-electron chi connectivity index (χ0n) is 66.5. The Morgan fingerprint density at radius 1 is 0.138 bits per heavy atom. The topological polar surface area (TPSA) is 77.3 Å². The molecule has 9 heteroatoms. The largest absolute Gasteiger partial charge is 0.244 e. The van der Waals surface area contributed by atoms with E-state index in [1.807, 2.05) is 119 Å². The lowest BCUT2D eigenvalue weighted by Crippen LogP contribution is -1.97. The summed E-state index contributed by atoms with van der Waals surface area (Å²) in [5.74, 6) is 0.740. The molecule has 0 spiro atoms. The first-order valence-electron chi connectivity index (χ1n) is 41.3. The summed E-state index contributed by atoms with van der Waals surface area (Å²) in [6.45, 7) is 0. The number of rotatable bonds is 12. The molecule has 0 aliphatic heterocycles. The van der Waals surface area contributed by atoms with E-state index in [0.29, 0.717) is 0 Å². The summed E-state index contributed by atoms with van der Waals surface area (Å²) in [4.78, 5) is 30.7. The standard InChI is InChI=1S/3C38H24N2S/c1-3-10-27(11-4-1)36-37(28-12-5-2-6-13-28)40-38-30(15-9-16-33(38)39-36)26-20-18-25(19-21-26)29-22-23-35-32(24-29)31-14-7-8-17-34(31)41-35;1-3-9-27(10-4-1)37-38(28-11-5-2-6-12-28)40-34-24-30(19-21-33(34)39-37)26-17-15-25(16-18-26)29-20-22-36-32(23-29)31-13-7-8-14-35(31)41-36;1-3-9-27(10-4-1)37-33-24-29(19-21-34(33)39-38(40-37)28-11-5-2-6-12-28)25-15-17-26(18-16-25)30-20-22-36-32(23-30)31-13-7-8-14-35(31)41-36/h3*1-24H. The van der Waals surface area contributed by atoms with Crippen LogP contribution in [0.25, 0.3) is 228 Å². The third-order valence-electron chi connectivity index (χ3n) is 23.1. The summed E-state index contributed by atoms with van der Waals surface area (Å²) in [6.07, 6.45) is 0. The zero-order valence-corrected chi connectivity index (χ0v) is 68.9. The maximum atomic E-state index is 5.27. The Bertz CT molecular complexity index is 8020. The molecule has 0 amide bonds. The van der Waals surface area contributed by atoms with Crippen LogP contribution in [-0.2, 0) is 0 Å². The zero-order chi connectivity index (χ0) is 81.5. The van der Waals surface area contributed by atoms with Gasteiger partial charge in [0.1, 0.15) is 0 Å². The van der Waals surface area contributed by atoms with Gasteiger partial charge in [-0.1, -0.05) is 352 Å². The van der Waals surface area contributed by atoms with Crippen LogP contribution in [0.2, 0.25) is 0 Å². The maximum Gasteiger partial charge on any atom is 0.160 e. The fourth-order valence-electron chi connectivity index (χ4n) is 16.8. The predicted molar refractivity (Wildman–Crippen MR) is 523 cm³/mol. The van der Waals surface area contributed by atoms with E-state index in [1.165, 1.54) is 99.5 Å². The highest BCUT2D eigenvalue weighted by Crippen LogP contribution is 2.44. The predicted octanol–water partition coefficient (Wildman–Crippen LogP) is 32.0. The molecule has 576 valence electrons. The summed E-state index contributed by atoms with van der Waals surface area (Å²) in [5, 5.41) is 8.99. The number of benzene rings is 18. The molecule has 24 rings (SSSR count). The molecule has 0 unspecified atom stereocenters. The molecule has 6 heterocycles. The molecule has 0 N–H and O–H groups in total. The highest BCUT2D eigenvalue weighted by atomic mass is 32.1. The molecule has 6 aromatic heterocycles. The lowest BCUT2D eigenvalue weighted by molar-refractivity contribution is 1.23. The van der Waals surface area contributed by atoms with E-state index >= 15 is 0 Å². The lowest BCUT2D eigenvalue weighted by atomic mass is 9.97. The molecule has 0 aliphatic rings. The van der Waals surface area contributed by atoms with Gasteiger partial charge in [-0.15, -0.1) is 34.0 Å². The van der Waals surface area contributed by atoms with E-state index in [-0.39, 0.29) is 0 Å². The number of aromatic nitrogens is 6. The van der Waals surface area contributed by atoms with Gasteiger partial charge < -0.3 is 0 Å². The Morgan fingerprint density at radius 2 is 0.431 bits per heavy atom. The first-order chi connectivity index (χ1) is 60.9. The van der Waals surface area contributed by atoms with Crippen LogP contribution in [0.15, 0.2) is 437 Å². The monoisotopic (exact) mass is 1620 g/mol. The quantitative estimate of drug-likeness (QED) is 0.121. The fraction of sp³-hybridized carbons (Fsp3) is 0. The number of hydrogen-bond donors (Lipinski definition) is 0. The minimum atomic E-state index is 0.740. The average Bonchev–Trinajstić information content (AvgIpc) is 1.48. The number of nitrogens with zero attached hydrogens (tertiary/aromatic N) is 6. The molecule has 0 saturated carbocycles. The second-order valence-electron chi connectivity index (χ2n) is 30.7. The van der Waals surface area contributed by atoms with E-state index in [9.17, 15) is 0 Å². The van der Waals surface area contributed by atoms with E-state index in [4.69, 9.17) is 29.9 Å². The van der Waals surface area contributed by atoms with Crippen LogP contribution in [0, 0.1) is 0 Å². The van der Waals surface area contributed by atoms with Crippen LogP contribution < -0.4 is 0 Å². The van der Waals surface area contributed by atoms with E-state index in [1.54, 1.807) is 0 Å². The van der Waals surface area contributed by atoms with Crippen molar-refractivity contribution in [1.29, 1.82) is 0 Å². The van der Waals surface area contributed by atoms with Gasteiger partial charge in [-0.2, -0.15) is 0 Å². The van der Waals surface area contributed by atoms with E-state index < -0.39 is 0 Å². The summed E-state index contributed by atoms with van der Waals surface area (Å²) in [6, 6.07) is 154. The maximum absolute atomic E-state index is 5.27. The molecule has 6 nitrogen and oxygen atoms in total. The molecule has 0 fully saturated rings. The third-order valence-corrected chi connectivity index (χ3v) is 26.5. The van der Waals surface area contributed by atoms with Gasteiger partial charge in [-0.25, -0.2) is 29.9 Å². The minimum Gasteiger partial charge on any atom is -0.244 e. The Labute approximate surface area is 723 Å².